The highest BCUT2D eigenvalue weighted by Crippen LogP contribution is 2.32. The lowest BCUT2D eigenvalue weighted by Crippen LogP contribution is -2.37. The maximum atomic E-state index is 12.6. The average Bonchev–Trinajstić information content (AvgIpc) is 2.65. The average molecular weight is 408 g/mol. The quantitative estimate of drug-likeness (QED) is 0.721. The predicted molar refractivity (Wildman–Crippen MR) is 108 cm³/mol. The second kappa shape index (κ2) is 8.83. The van der Waals surface area contributed by atoms with E-state index >= 15 is 0 Å². The van der Waals surface area contributed by atoms with E-state index in [1.165, 1.54) is 21.3 Å². The SMILES string of the molecule is COc1ccc(NC(=O)CN(c2cc(C)ccc2OC)S(C)(=O)=O)c(OC)c1. The van der Waals surface area contributed by atoms with Crippen LogP contribution in [0, 0.1) is 6.92 Å². The topological polar surface area (TPSA) is 94.2 Å². The van der Waals surface area contributed by atoms with Crippen LogP contribution in [0.1, 0.15) is 5.56 Å². The second-order valence-electron chi connectivity index (χ2n) is 6.06. The molecular formula is C19H24N2O6S. The summed E-state index contributed by atoms with van der Waals surface area (Å²) in [5.41, 5.74) is 1.53. The molecule has 1 amide bonds. The van der Waals surface area contributed by atoms with Gasteiger partial charge in [-0.3, -0.25) is 9.10 Å². The van der Waals surface area contributed by atoms with Crippen LogP contribution in [0.25, 0.3) is 0 Å². The van der Waals surface area contributed by atoms with Crippen molar-refractivity contribution in [1.29, 1.82) is 0 Å². The number of carbonyl (C=O) groups is 1. The molecule has 0 bridgehead atoms. The molecule has 0 fully saturated rings. The first-order valence-corrected chi connectivity index (χ1v) is 10.2. The first-order chi connectivity index (χ1) is 13.2. The zero-order valence-corrected chi connectivity index (χ0v) is 17.3. The van der Waals surface area contributed by atoms with E-state index in [-0.39, 0.29) is 0 Å². The molecule has 8 nitrogen and oxygen atoms in total. The van der Waals surface area contributed by atoms with Gasteiger partial charge in [0.05, 0.1) is 39.0 Å². The van der Waals surface area contributed by atoms with Crippen molar-refractivity contribution in [2.75, 3.05) is 43.8 Å². The van der Waals surface area contributed by atoms with Gasteiger partial charge in [0, 0.05) is 6.07 Å². The van der Waals surface area contributed by atoms with Gasteiger partial charge in [0.1, 0.15) is 23.8 Å². The van der Waals surface area contributed by atoms with Crippen molar-refractivity contribution in [3.63, 3.8) is 0 Å². The molecule has 0 saturated heterocycles. The molecule has 0 heterocycles. The first kappa shape index (κ1) is 21.4. The van der Waals surface area contributed by atoms with Crippen LogP contribution < -0.4 is 23.8 Å². The Morgan fingerprint density at radius 1 is 1.00 bits per heavy atom. The molecule has 152 valence electrons. The van der Waals surface area contributed by atoms with Gasteiger partial charge in [-0.05, 0) is 36.8 Å². The van der Waals surface area contributed by atoms with Crippen molar-refractivity contribution in [2.24, 2.45) is 0 Å². The lowest BCUT2D eigenvalue weighted by Gasteiger charge is -2.24. The van der Waals surface area contributed by atoms with Crippen LogP contribution in [-0.2, 0) is 14.8 Å². The van der Waals surface area contributed by atoms with Gasteiger partial charge in [0.2, 0.25) is 15.9 Å². The van der Waals surface area contributed by atoms with Gasteiger partial charge in [0.25, 0.3) is 0 Å². The summed E-state index contributed by atoms with van der Waals surface area (Å²) in [5, 5.41) is 2.67. The summed E-state index contributed by atoms with van der Waals surface area (Å²) in [6.45, 7) is 1.40. The number of anilines is 2. The minimum absolute atomic E-state index is 0.293. The number of nitrogens with zero attached hydrogens (tertiary/aromatic N) is 1. The van der Waals surface area contributed by atoms with E-state index in [9.17, 15) is 13.2 Å². The molecule has 0 saturated carbocycles. The number of amides is 1. The number of nitrogens with one attached hydrogen (secondary N) is 1. The lowest BCUT2D eigenvalue weighted by molar-refractivity contribution is -0.114. The Morgan fingerprint density at radius 3 is 2.25 bits per heavy atom. The number of sulfonamides is 1. The number of hydrogen-bond donors (Lipinski definition) is 1. The zero-order chi connectivity index (χ0) is 20.9. The predicted octanol–water partition coefficient (Wildman–Crippen LogP) is 2.43. The summed E-state index contributed by atoms with van der Waals surface area (Å²) < 4.78 is 41.4. The fraction of sp³-hybridized carbons (Fsp3) is 0.316. The van der Waals surface area contributed by atoms with E-state index in [0.717, 1.165) is 16.1 Å². The third-order valence-corrected chi connectivity index (χ3v) is 5.10. The summed E-state index contributed by atoms with van der Waals surface area (Å²) in [4.78, 5) is 12.6. The molecule has 0 aliphatic heterocycles. The Balaban J connectivity index is 2.32. The number of benzene rings is 2. The van der Waals surface area contributed by atoms with E-state index in [1.807, 2.05) is 6.92 Å². The molecule has 28 heavy (non-hydrogen) atoms. The van der Waals surface area contributed by atoms with E-state index in [0.29, 0.717) is 28.6 Å². The Morgan fingerprint density at radius 2 is 1.68 bits per heavy atom. The Bertz CT molecular complexity index is 959. The second-order valence-corrected chi connectivity index (χ2v) is 7.97. The fourth-order valence-electron chi connectivity index (χ4n) is 2.60. The minimum atomic E-state index is -3.74. The van der Waals surface area contributed by atoms with Crippen molar-refractivity contribution >= 4 is 27.3 Å². The maximum absolute atomic E-state index is 12.6. The molecule has 0 unspecified atom stereocenters. The number of carbonyl (C=O) groups excluding carboxylic acids is 1. The van der Waals surface area contributed by atoms with E-state index in [4.69, 9.17) is 14.2 Å². The molecule has 0 atom stereocenters. The fourth-order valence-corrected chi connectivity index (χ4v) is 3.45. The molecule has 9 heteroatoms. The van der Waals surface area contributed by atoms with Crippen LogP contribution in [0.4, 0.5) is 11.4 Å². The highest BCUT2D eigenvalue weighted by Gasteiger charge is 2.24. The van der Waals surface area contributed by atoms with Gasteiger partial charge in [-0.2, -0.15) is 0 Å². The largest absolute Gasteiger partial charge is 0.497 e. The van der Waals surface area contributed by atoms with Crippen LogP contribution >= 0.6 is 0 Å². The van der Waals surface area contributed by atoms with Gasteiger partial charge < -0.3 is 19.5 Å². The smallest absolute Gasteiger partial charge is 0.245 e. The molecule has 0 aliphatic rings. The van der Waals surface area contributed by atoms with Crippen LogP contribution in [0.5, 0.6) is 17.2 Å². The molecule has 2 aromatic carbocycles. The first-order valence-electron chi connectivity index (χ1n) is 8.33. The molecule has 2 aromatic rings. The summed E-state index contributed by atoms with van der Waals surface area (Å²) in [6.07, 6.45) is 1.04. The molecule has 2 rings (SSSR count). The normalized spacial score (nSPS) is 10.9. The highest BCUT2D eigenvalue weighted by atomic mass is 32.2. The zero-order valence-electron chi connectivity index (χ0n) is 16.5. The Kier molecular flexibility index (Phi) is 6.74. The summed E-state index contributed by atoms with van der Waals surface area (Å²) in [5.74, 6) is 0.784. The van der Waals surface area contributed by atoms with Crippen LogP contribution in [0.3, 0.4) is 0 Å². The van der Waals surface area contributed by atoms with Crippen molar-refractivity contribution in [2.45, 2.75) is 6.92 Å². The number of hydrogen-bond acceptors (Lipinski definition) is 6. The number of methoxy groups -OCH3 is 3. The molecule has 0 spiro atoms. The number of aryl methyl sites for hydroxylation is 1. The molecule has 0 aliphatic carbocycles. The summed E-state index contributed by atoms with van der Waals surface area (Å²) in [6, 6.07) is 10.0. The van der Waals surface area contributed by atoms with Gasteiger partial charge in [-0.15, -0.1) is 0 Å². The van der Waals surface area contributed by atoms with Gasteiger partial charge >= 0.3 is 0 Å². The van der Waals surface area contributed by atoms with Crippen LogP contribution in [-0.4, -0.2) is 48.5 Å². The van der Waals surface area contributed by atoms with Crippen molar-refractivity contribution in [3.8, 4) is 17.2 Å². The van der Waals surface area contributed by atoms with E-state index < -0.39 is 22.5 Å². The summed E-state index contributed by atoms with van der Waals surface area (Å²) >= 11 is 0. The minimum Gasteiger partial charge on any atom is -0.497 e. The Labute approximate surface area is 165 Å². The number of rotatable bonds is 8. The lowest BCUT2D eigenvalue weighted by atomic mass is 10.2. The van der Waals surface area contributed by atoms with Crippen LogP contribution in [0.15, 0.2) is 36.4 Å². The molecule has 0 radical (unpaired) electrons. The van der Waals surface area contributed by atoms with Gasteiger partial charge in [-0.1, -0.05) is 6.07 Å². The maximum Gasteiger partial charge on any atom is 0.245 e. The van der Waals surface area contributed by atoms with Crippen molar-refractivity contribution in [3.05, 3.63) is 42.0 Å². The molecular weight excluding hydrogens is 384 g/mol. The van der Waals surface area contributed by atoms with Crippen molar-refractivity contribution < 1.29 is 27.4 Å². The standard InChI is InChI=1S/C19H24N2O6S/c1-13-6-9-17(26-3)16(10-13)21(28(5,23)24)12-19(22)20-15-8-7-14(25-2)11-18(15)27-4/h6-11H,12H2,1-5H3,(H,20,22). The summed E-state index contributed by atoms with van der Waals surface area (Å²) in [7, 11) is 0.685. The van der Waals surface area contributed by atoms with E-state index in [1.54, 1.807) is 36.4 Å². The third-order valence-electron chi connectivity index (χ3n) is 3.97. The third kappa shape index (κ3) is 5.07. The van der Waals surface area contributed by atoms with Crippen LogP contribution in [0.2, 0.25) is 0 Å². The number of ether oxygens (including phenoxy) is 3. The van der Waals surface area contributed by atoms with Crippen molar-refractivity contribution in [1.82, 2.24) is 0 Å². The van der Waals surface area contributed by atoms with E-state index in [2.05, 4.69) is 5.32 Å². The Hall–Kier alpha value is -2.94. The highest BCUT2D eigenvalue weighted by molar-refractivity contribution is 7.92. The van der Waals surface area contributed by atoms with Gasteiger partial charge in [0.15, 0.2) is 0 Å². The monoisotopic (exact) mass is 408 g/mol. The molecule has 0 aromatic heterocycles. The molecule has 1 N–H and O–H groups in total. The van der Waals surface area contributed by atoms with Gasteiger partial charge in [-0.25, -0.2) is 8.42 Å².